The van der Waals surface area contributed by atoms with E-state index in [0.717, 1.165) is 55.4 Å². The normalized spacial score (nSPS) is 20.1. The van der Waals surface area contributed by atoms with E-state index in [1.165, 1.54) is 11.0 Å². The SMILES string of the molecule is CC[C@H](C)n1ncn(-c2ccc(N3CCN(c4ccc(OCC5COC(Cn6cncn6)(c6ccc(Cl)cc6Cl)O5)cc4)CC3)cc2)c1=O. The van der Waals surface area contributed by atoms with Crippen LogP contribution < -0.4 is 20.2 Å². The molecule has 12 nitrogen and oxygen atoms in total. The number of hydrogen-bond donors (Lipinski definition) is 0. The highest BCUT2D eigenvalue weighted by Crippen LogP contribution is 2.40. The first-order valence-electron chi connectivity index (χ1n) is 16.4. The van der Waals surface area contributed by atoms with E-state index in [4.69, 9.17) is 37.4 Å². The summed E-state index contributed by atoms with van der Waals surface area (Å²) in [4.78, 5) is 21.6. The maximum Gasteiger partial charge on any atom is 0.350 e. The van der Waals surface area contributed by atoms with Gasteiger partial charge in [-0.2, -0.15) is 10.2 Å². The topological polar surface area (TPSA) is 105 Å². The molecule has 7 rings (SSSR count). The van der Waals surface area contributed by atoms with Gasteiger partial charge in [0.25, 0.3) is 0 Å². The van der Waals surface area contributed by atoms with Crippen molar-refractivity contribution in [2.45, 2.75) is 44.7 Å². The van der Waals surface area contributed by atoms with Gasteiger partial charge in [0.05, 0.1) is 23.4 Å². The monoisotopic (exact) mass is 704 g/mol. The van der Waals surface area contributed by atoms with E-state index >= 15 is 0 Å². The van der Waals surface area contributed by atoms with Gasteiger partial charge in [0.15, 0.2) is 0 Å². The van der Waals surface area contributed by atoms with Crippen molar-refractivity contribution in [3.05, 3.63) is 112 Å². The Hall–Kier alpha value is -4.36. The number of anilines is 2. The zero-order chi connectivity index (χ0) is 34.0. The minimum Gasteiger partial charge on any atom is -0.491 e. The standard InChI is InChI=1S/C35H38Cl2N8O4/c1-3-25(2)45-34(46)44(24-40-45)29-7-5-27(6-8-29)41-14-16-42(17-15-41)28-9-11-30(12-10-28)47-19-31-20-48-35(49-31,21-43-23-38-22-39-43)32-13-4-26(36)18-33(32)37/h4-13,18,22-25,31H,3,14-17,19-21H2,1-2H3/t25-,31?,35?/m0/s1. The van der Waals surface area contributed by atoms with Gasteiger partial charge in [0.1, 0.15) is 44.0 Å². The van der Waals surface area contributed by atoms with E-state index in [9.17, 15) is 4.79 Å². The predicted octanol–water partition coefficient (Wildman–Crippen LogP) is 5.58. The molecule has 0 amide bonds. The van der Waals surface area contributed by atoms with Crippen LogP contribution in [0.5, 0.6) is 5.75 Å². The third-order valence-corrected chi connectivity index (χ3v) is 9.70. The molecule has 2 fully saturated rings. The van der Waals surface area contributed by atoms with Gasteiger partial charge in [0, 0.05) is 48.1 Å². The number of nitrogens with zero attached hydrogens (tertiary/aromatic N) is 8. The first-order valence-corrected chi connectivity index (χ1v) is 17.2. The van der Waals surface area contributed by atoms with E-state index in [1.54, 1.807) is 34.0 Å². The lowest BCUT2D eigenvalue weighted by atomic mass is 10.1. The van der Waals surface area contributed by atoms with Crippen molar-refractivity contribution in [3.8, 4) is 11.4 Å². The van der Waals surface area contributed by atoms with E-state index < -0.39 is 5.79 Å². The summed E-state index contributed by atoms with van der Waals surface area (Å²) < 4.78 is 23.7. The molecule has 256 valence electrons. The molecule has 2 aromatic heterocycles. The quantitative estimate of drug-likeness (QED) is 0.174. The molecule has 0 radical (unpaired) electrons. The number of aromatic nitrogens is 6. The van der Waals surface area contributed by atoms with Crippen molar-refractivity contribution in [2.24, 2.45) is 0 Å². The van der Waals surface area contributed by atoms with E-state index in [-0.39, 0.29) is 24.4 Å². The van der Waals surface area contributed by atoms with E-state index in [1.807, 2.05) is 44.2 Å². The molecule has 2 aliphatic rings. The van der Waals surface area contributed by atoms with Crippen LogP contribution >= 0.6 is 23.2 Å². The van der Waals surface area contributed by atoms with Crippen LogP contribution in [0.1, 0.15) is 31.9 Å². The number of rotatable bonds is 11. The van der Waals surface area contributed by atoms with Gasteiger partial charge < -0.3 is 24.0 Å². The first kappa shape index (κ1) is 33.2. The lowest BCUT2D eigenvalue weighted by Crippen LogP contribution is -2.46. The molecule has 0 spiro atoms. The van der Waals surface area contributed by atoms with Crippen LogP contribution in [0, 0.1) is 0 Å². The molecule has 0 N–H and O–H groups in total. The van der Waals surface area contributed by atoms with Crippen LogP contribution in [0.4, 0.5) is 11.4 Å². The third kappa shape index (κ3) is 7.04. The summed E-state index contributed by atoms with van der Waals surface area (Å²) in [7, 11) is 0. The summed E-state index contributed by atoms with van der Waals surface area (Å²) in [6.45, 7) is 8.48. The molecule has 2 saturated heterocycles. The Morgan fingerprint density at radius 2 is 1.59 bits per heavy atom. The molecular formula is C35H38Cl2N8O4. The predicted molar refractivity (Wildman–Crippen MR) is 188 cm³/mol. The molecule has 14 heteroatoms. The molecule has 2 aliphatic heterocycles. The van der Waals surface area contributed by atoms with Crippen molar-refractivity contribution >= 4 is 34.6 Å². The third-order valence-electron chi connectivity index (χ3n) is 9.15. The van der Waals surface area contributed by atoms with Crippen LogP contribution in [0.2, 0.25) is 10.0 Å². The van der Waals surface area contributed by atoms with Crippen LogP contribution in [0.25, 0.3) is 5.69 Å². The summed E-state index contributed by atoms with van der Waals surface area (Å²) in [5.74, 6) is -0.410. The van der Waals surface area contributed by atoms with Crippen molar-refractivity contribution in [1.82, 2.24) is 29.1 Å². The number of hydrogen-bond acceptors (Lipinski definition) is 9. The highest BCUT2D eigenvalue weighted by molar-refractivity contribution is 6.35. The second-order valence-electron chi connectivity index (χ2n) is 12.3. The fourth-order valence-corrected chi connectivity index (χ4v) is 6.79. The zero-order valence-corrected chi connectivity index (χ0v) is 28.9. The summed E-state index contributed by atoms with van der Waals surface area (Å²) in [5.41, 5.74) is 3.64. The lowest BCUT2D eigenvalue weighted by molar-refractivity contribution is -0.190. The zero-order valence-electron chi connectivity index (χ0n) is 27.4. The van der Waals surface area contributed by atoms with Crippen molar-refractivity contribution in [3.63, 3.8) is 0 Å². The minimum atomic E-state index is -1.16. The Kier molecular flexibility index (Phi) is 9.64. The van der Waals surface area contributed by atoms with Crippen LogP contribution in [0.15, 0.2) is 90.5 Å². The molecule has 0 aliphatic carbocycles. The largest absolute Gasteiger partial charge is 0.491 e. The lowest BCUT2D eigenvalue weighted by Gasteiger charge is -2.37. The molecule has 3 aromatic carbocycles. The Morgan fingerprint density at radius 3 is 2.22 bits per heavy atom. The molecule has 0 bridgehead atoms. The summed E-state index contributed by atoms with van der Waals surface area (Å²) in [5, 5.41) is 9.50. The Bertz CT molecular complexity index is 1910. The molecule has 2 unspecified atom stereocenters. The van der Waals surface area contributed by atoms with Crippen molar-refractivity contribution in [2.75, 3.05) is 49.2 Å². The van der Waals surface area contributed by atoms with Crippen LogP contribution in [-0.4, -0.2) is 74.6 Å². The number of halogens is 2. The average molecular weight is 706 g/mol. The molecule has 4 heterocycles. The van der Waals surface area contributed by atoms with Crippen molar-refractivity contribution in [1.29, 1.82) is 0 Å². The fourth-order valence-electron chi connectivity index (χ4n) is 6.24. The molecule has 5 aromatic rings. The Labute approximate surface area is 294 Å². The number of ether oxygens (including phenoxy) is 3. The maximum atomic E-state index is 12.8. The van der Waals surface area contributed by atoms with Gasteiger partial charge in [-0.15, -0.1) is 0 Å². The highest BCUT2D eigenvalue weighted by Gasteiger charge is 2.45. The van der Waals surface area contributed by atoms with Gasteiger partial charge in [-0.05, 0) is 74.0 Å². The summed E-state index contributed by atoms with van der Waals surface area (Å²) >= 11 is 12.7. The van der Waals surface area contributed by atoms with Crippen LogP contribution in [0.3, 0.4) is 0 Å². The van der Waals surface area contributed by atoms with Crippen molar-refractivity contribution < 1.29 is 14.2 Å². The second kappa shape index (κ2) is 14.2. The Balaban J connectivity index is 0.925. The van der Waals surface area contributed by atoms with Crippen LogP contribution in [-0.2, 0) is 21.8 Å². The molecule has 0 saturated carbocycles. The highest BCUT2D eigenvalue weighted by atomic mass is 35.5. The van der Waals surface area contributed by atoms with Gasteiger partial charge >= 0.3 is 5.69 Å². The van der Waals surface area contributed by atoms with Gasteiger partial charge in [-0.1, -0.05) is 36.2 Å². The smallest absolute Gasteiger partial charge is 0.350 e. The fraction of sp³-hybridized carbons (Fsp3) is 0.371. The summed E-state index contributed by atoms with van der Waals surface area (Å²) in [6.07, 6.45) is 5.19. The van der Waals surface area contributed by atoms with E-state index in [0.29, 0.717) is 28.8 Å². The number of piperazine rings is 1. The first-order chi connectivity index (χ1) is 23.8. The average Bonchev–Trinajstić information content (AvgIpc) is 3.88. The van der Waals surface area contributed by atoms with Gasteiger partial charge in [-0.25, -0.2) is 23.7 Å². The molecule has 49 heavy (non-hydrogen) atoms. The summed E-state index contributed by atoms with van der Waals surface area (Å²) in [6, 6.07) is 21.6. The second-order valence-corrected chi connectivity index (χ2v) is 13.1. The number of benzene rings is 3. The molecule has 3 atom stereocenters. The molecular weight excluding hydrogens is 667 g/mol. The van der Waals surface area contributed by atoms with Gasteiger partial charge in [-0.3, -0.25) is 0 Å². The van der Waals surface area contributed by atoms with E-state index in [2.05, 4.69) is 49.2 Å². The maximum absolute atomic E-state index is 12.8. The Morgan fingerprint density at radius 1 is 0.918 bits per heavy atom. The van der Waals surface area contributed by atoms with Gasteiger partial charge in [0.2, 0.25) is 5.79 Å². The minimum absolute atomic E-state index is 0.0645.